The fourth-order valence-electron chi connectivity index (χ4n) is 4.03. The van der Waals surface area contributed by atoms with Crippen LogP contribution in [0.15, 0.2) is 11.6 Å². The Hall–Kier alpha value is -0.790. The molecule has 0 aliphatic heterocycles. The summed E-state index contributed by atoms with van der Waals surface area (Å²) < 4.78 is 4.94. The van der Waals surface area contributed by atoms with Crippen molar-refractivity contribution in [2.24, 2.45) is 29.6 Å². The summed E-state index contributed by atoms with van der Waals surface area (Å²) in [6.07, 6.45) is 7.43. The SMILES string of the molecule is COC(=O)C(C)C1CC[C@@H](C)C2CCC([13CH3])=CC12. The molecule has 0 spiro atoms. The fraction of sp³-hybridized carbons (Fsp3) is 0.812. The molecule has 2 aliphatic rings. The van der Waals surface area contributed by atoms with E-state index >= 15 is 0 Å². The van der Waals surface area contributed by atoms with Gasteiger partial charge in [0.25, 0.3) is 0 Å². The molecule has 2 rings (SSSR count). The monoisotopic (exact) mass is 251 g/mol. The highest BCUT2D eigenvalue weighted by molar-refractivity contribution is 5.72. The maximum Gasteiger partial charge on any atom is 0.308 e. The lowest BCUT2D eigenvalue weighted by atomic mass is 9.60. The third kappa shape index (κ3) is 2.48. The van der Waals surface area contributed by atoms with Crippen LogP contribution in [-0.4, -0.2) is 13.1 Å². The highest BCUT2D eigenvalue weighted by atomic mass is 16.5. The lowest BCUT2D eigenvalue weighted by Gasteiger charge is -2.45. The van der Waals surface area contributed by atoms with Gasteiger partial charge in [-0.2, -0.15) is 0 Å². The molecule has 2 aliphatic carbocycles. The maximum absolute atomic E-state index is 11.8. The quantitative estimate of drug-likeness (QED) is 0.424. The van der Waals surface area contributed by atoms with Gasteiger partial charge in [0.05, 0.1) is 13.0 Å². The average molecular weight is 251 g/mol. The van der Waals surface area contributed by atoms with E-state index in [1.165, 1.54) is 38.4 Å². The summed E-state index contributed by atoms with van der Waals surface area (Å²) >= 11 is 0. The Balaban J connectivity index is 2.20. The second-order valence-corrected chi connectivity index (χ2v) is 6.32. The van der Waals surface area contributed by atoms with E-state index in [-0.39, 0.29) is 11.9 Å². The van der Waals surface area contributed by atoms with Crippen LogP contribution in [0.2, 0.25) is 0 Å². The minimum Gasteiger partial charge on any atom is -0.469 e. The number of allylic oxidation sites excluding steroid dienone is 2. The van der Waals surface area contributed by atoms with Gasteiger partial charge in [-0.15, -0.1) is 0 Å². The standard InChI is InChI=1S/C16H26O2/c1-10-5-7-13-11(2)6-8-14(15(13)9-10)12(3)16(17)18-4/h9,11-15H,5-8H2,1-4H3/t11-,12?,13?,14?,15?/m1/s1/i1+1. The molecule has 0 aromatic heterocycles. The van der Waals surface area contributed by atoms with Gasteiger partial charge in [0, 0.05) is 0 Å². The number of hydrogen-bond acceptors (Lipinski definition) is 2. The molecule has 4 unspecified atom stereocenters. The smallest absolute Gasteiger partial charge is 0.308 e. The van der Waals surface area contributed by atoms with Crippen molar-refractivity contribution in [1.82, 2.24) is 0 Å². The van der Waals surface area contributed by atoms with E-state index in [1.54, 1.807) is 0 Å². The Labute approximate surface area is 111 Å². The van der Waals surface area contributed by atoms with E-state index in [1.807, 2.05) is 6.92 Å². The second-order valence-electron chi connectivity index (χ2n) is 6.32. The summed E-state index contributed by atoms with van der Waals surface area (Å²) in [5, 5.41) is 0. The van der Waals surface area contributed by atoms with Crippen molar-refractivity contribution in [3.05, 3.63) is 11.6 Å². The van der Waals surface area contributed by atoms with Crippen LogP contribution in [-0.2, 0) is 9.53 Å². The predicted molar refractivity (Wildman–Crippen MR) is 73.0 cm³/mol. The van der Waals surface area contributed by atoms with Gasteiger partial charge in [-0.05, 0) is 49.9 Å². The van der Waals surface area contributed by atoms with Gasteiger partial charge in [-0.1, -0.05) is 31.9 Å². The highest BCUT2D eigenvalue weighted by Gasteiger charge is 2.41. The number of fused-ring (bicyclic) bond motifs is 1. The van der Waals surface area contributed by atoms with E-state index < -0.39 is 0 Å². The summed E-state index contributed by atoms with van der Waals surface area (Å²) in [5.41, 5.74) is 1.51. The molecule has 18 heavy (non-hydrogen) atoms. The Morgan fingerprint density at radius 2 is 2.11 bits per heavy atom. The van der Waals surface area contributed by atoms with Crippen molar-refractivity contribution in [1.29, 1.82) is 0 Å². The molecule has 0 bridgehead atoms. The largest absolute Gasteiger partial charge is 0.469 e. The van der Waals surface area contributed by atoms with E-state index in [9.17, 15) is 4.79 Å². The van der Waals surface area contributed by atoms with Crippen LogP contribution < -0.4 is 0 Å². The van der Waals surface area contributed by atoms with Gasteiger partial charge in [0.15, 0.2) is 0 Å². The van der Waals surface area contributed by atoms with Crippen LogP contribution in [0, 0.1) is 29.6 Å². The van der Waals surface area contributed by atoms with Crippen LogP contribution >= 0.6 is 0 Å². The lowest BCUT2D eigenvalue weighted by molar-refractivity contribution is -0.148. The van der Waals surface area contributed by atoms with Crippen molar-refractivity contribution in [2.45, 2.75) is 46.5 Å². The summed E-state index contributed by atoms with van der Waals surface area (Å²) in [4.78, 5) is 11.8. The number of hydrogen-bond donors (Lipinski definition) is 0. The molecule has 0 amide bonds. The van der Waals surface area contributed by atoms with E-state index in [0.717, 1.165) is 11.8 Å². The summed E-state index contributed by atoms with van der Waals surface area (Å²) in [6.45, 7) is 6.65. The molecule has 2 heteroatoms. The average Bonchev–Trinajstić information content (AvgIpc) is 2.37. The molecule has 0 heterocycles. The maximum atomic E-state index is 11.8. The Kier molecular flexibility index (Phi) is 4.14. The normalized spacial score (nSPS) is 37.4. The van der Waals surface area contributed by atoms with Gasteiger partial charge in [0.2, 0.25) is 0 Å². The van der Waals surface area contributed by atoms with E-state index in [4.69, 9.17) is 4.74 Å². The third-order valence-electron chi connectivity index (χ3n) is 5.24. The van der Waals surface area contributed by atoms with Crippen molar-refractivity contribution in [2.75, 3.05) is 7.11 Å². The molecular formula is C16H26O2. The minimum absolute atomic E-state index is 0.0371. The summed E-state index contributed by atoms with van der Waals surface area (Å²) in [5.74, 6) is 2.66. The number of esters is 1. The first-order valence-electron chi connectivity index (χ1n) is 7.29. The lowest BCUT2D eigenvalue weighted by Crippen LogP contribution is -2.39. The zero-order valence-electron chi connectivity index (χ0n) is 12.1. The van der Waals surface area contributed by atoms with Gasteiger partial charge < -0.3 is 4.74 Å². The zero-order chi connectivity index (χ0) is 13.3. The van der Waals surface area contributed by atoms with Crippen LogP contribution in [0.1, 0.15) is 46.5 Å². The Morgan fingerprint density at radius 1 is 1.39 bits per heavy atom. The number of rotatable bonds is 2. The van der Waals surface area contributed by atoms with Crippen LogP contribution in [0.4, 0.5) is 0 Å². The van der Waals surface area contributed by atoms with E-state index in [0.29, 0.717) is 11.8 Å². The molecular weight excluding hydrogens is 225 g/mol. The second kappa shape index (κ2) is 5.46. The Morgan fingerprint density at radius 3 is 2.78 bits per heavy atom. The molecule has 102 valence electrons. The number of carbonyl (C=O) groups is 1. The van der Waals surface area contributed by atoms with Crippen LogP contribution in [0.3, 0.4) is 0 Å². The first-order valence-corrected chi connectivity index (χ1v) is 7.29. The van der Waals surface area contributed by atoms with E-state index in [2.05, 4.69) is 19.9 Å². The van der Waals surface area contributed by atoms with Gasteiger partial charge in [-0.3, -0.25) is 4.79 Å². The highest BCUT2D eigenvalue weighted by Crippen LogP contribution is 2.48. The first-order chi connectivity index (χ1) is 8.54. The molecule has 0 radical (unpaired) electrons. The molecule has 0 aromatic rings. The zero-order valence-corrected chi connectivity index (χ0v) is 12.1. The number of methoxy groups -OCH3 is 1. The van der Waals surface area contributed by atoms with Crippen molar-refractivity contribution < 1.29 is 9.53 Å². The molecule has 0 aromatic carbocycles. The molecule has 1 saturated carbocycles. The van der Waals surface area contributed by atoms with Crippen LogP contribution in [0.25, 0.3) is 0 Å². The molecule has 0 saturated heterocycles. The number of carbonyl (C=O) groups excluding carboxylic acids is 1. The van der Waals surface area contributed by atoms with Gasteiger partial charge in [-0.25, -0.2) is 0 Å². The molecule has 1 fully saturated rings. The van der Waals surface area contributed by atoms with Crippen LogP contribution in [0.5, 0.6) is 0 Å². The van der Waals surface area contributed by atoms with Crippen molar-refractivity contribution >= 4 is 5.97 Å². The van der Waals surface area contributed by atoms with Crippen molar-refractivity contribution in [3.63, 3.8) is 0 Å². The predicted octanol–water partition coefficient (Wildman–Crippen LogP) is 3.81. The molecule has 0 N–H and O–H groups in total. The Bertz CT molecular complexity index is 345. The summed E-state index contributed by atoms with van der Waals surface area (Å²) in [7, 11) is 1.50. The topological polar surface area (TPSA) is 26.3 Å². The van der Waals surface area contributed by atoms with Gasteiger partial charge in [0.1, 0.15) is 0 Å². The molecule has 5 atom stereocenters. The third-order valence-corrected chi connectivity index (χ3v) is 5.24. The fourth-order valence-corrected chi connectivity index (χ4v) is 4.03. The van der Waals surface area contributed by atoms with Crippen molar-refractivity contribution in [3.8, 4) is 0 Å². The number of ether oxygens (including phenoxy) is 1. The minimum atomic E-state index is -0.0371. The molecule has 2 nitrogen and oxygen atoms in total. The van der Waals surface area contributed by atoms with Gasteiger partial charge >= 0.3 is 5.97 Å². The first kappa shape index (κ1) is 13.6. The summed E-state index contributed by atoms with van der Waals surface area (Å²) in [6, 6.07) is 0.